The van der Waals surface area contributed by atoms with Gasteiger partial charge in [-0.1, -0.05) is 28.4 Å². The van der Waals surface area contributed by atoms with Crippen molar-refractivity contribution >= 4 is 28.9 Å². The predicted molar refractivity (Wildman–Crippen MR) is 79.9 cm³/mol. The number of hydrogen-bond donors (Lipinski definition) is 1. The van der Waals surface area contributed by atoms with Crippen molar-refractivity contribution in [2.24, 2.45) is 0 Å². The fourth-order valence-corrected chi connectivity index (χ4v) is 2.22. The highest BCUT2D eigenvalue weighted by Gasteiger charge is 2.14. The molecular formula is C13H9Cl2N5O. The summed E-state index contributed by atoms with van der Waals surface area (Å²) in [4.78, 5) is 12.5. The minimum Gasteiger partial charge on any atom is -0.396 e. The predicted octanol–water partition coefficient (Wildman–Crippen LogP) is 3.39. The molecule has 0 aliphatic rings. The third-order valence-corrected chi connectivity index (χ3v) is 3.38. The summed E-state index contributed by atoms with van der Waals surface area (Å²) in [7, 11) is 0. The van der Waals surface area contributed by atoms with E-state index in [1.165, 1.54) is 0 Å². The molecule has 8 heteroatoms. The normalized spacial score (nSPS) is 10.8. The number of aromatic nitrogens is 4. The minimum absolute atomic E-state index is 0.282. The van der Waals surface area contributed by atoms with E-state index in [2.05, 4.69) is 20.1 Å². The molecule has 0 saturated heterocycles. The van der Waals surface area contributed by atoms with Crippen molar-refractivity contribution in [1.29, 1.82) is 0 Å². The van der Waals surface area contributed by atoms with Gasteiger partial charge >= 0.3 is 0 Å². The van der Waals surface area contributed by atoms with Gasteiger partial charge in [-0.25, -0.2) is 9.97 Å². The first-order chi connectivity index (χ1) is 10.0. The lowest BCUT2D eigenvalue weighted by Crippen LogP contribution is -1.91. The van der Waals surface area contributed by atoms with Crippen LogP contribution in [-0.2, 0) is 0 Å². The van der Waals surface area contributed by atoms with E-state index >= 15 is 0 Å². The molecule has 0 radical (unpaired) electrons. The first-order valence-electron chi connectivity index (χ1n) is 5.93. The van der Waals surface area contributed by atoms with Gasteiger partial charge in [0.25, 0.3) is 5.89 Å². The Morgan fingerprint density at radius 1 is 1.14 bits per heavy atom. The van der Waals surface area contributed by atoms with E-state index < -0.39 is 0 Å². The standard InChI is InChI=1S/C13H9Cl2N5O/c1-6-17-3-2-10(18-6)12-19-13(21-20-12)7-4-8(14)11(16)9(15)5-7/h2-5H,16H2,1H3. The van der Waals surface area contributed by atoms with E-state index in [0.29, 0.717) is 38.6 Å². The van der Waals surface area contributed by atoms with E-state index in [-0.39, 0.29) is 5.89 Å². The quantitative estimate of drug-likeness (QED) is 0.727. The van der Waals surface area contributed by atoms with E-state index in [0.717, 1.165) is 0 Å². The molecule has 0 unspecified atom stereocenters. The van der Waals surface area contributed by atoms with Gasteiger partial charge in [0.1, 0.15) is 11.5 Å². The maximum atomic E-state index is 5.99. The Bertz CT molecular complexity index is 795. The van der Waals surface area contributed by atoms with E-state index in [1.807, 2.05) is 0 Å². The van der Waals surface area contributed by atoms with Crippen LogP contribution in [0.25, 0.3) is 23.0 Å². The molecule has 2 N–H and O–H groups in total. The lowest BCUT2D eigenvalue weighted by molar-refractivity contribution is 0.432. The zero-order valence-electron chi connectivity index (χ0n) is 10.8. The highest BCUT2D eigenvalue weighted by molar-refractivity contribution is 6.39. The first-order valence-corrected chi connectivity index (χ1v) is 6.69. The summed E-state index contributed by atoms with van der Waals surface area (Å²) in [6.07, 6.45) is 1.63. The molecule has 3 rings (SSSR count). The smallest absolute Gasteiger partial charge is 0.258 e. The Labute approximate surface area is 129 Å². The Hall–Kier alpha value is -2.18. The molecular weight excluding hydrogens is 313 g/mol. The van der Waals surface area contributed by atoms with Crippen molar-refractivity contribution in [2.45, 2.75) is 6.92 Å². The van der Waals surface area contributed by atoms with Crippen LogP contribution in [0.1, 0.15) is 5.82 Å². The molecule has 0 bridgehead atoms. The zero-order valence-corrected chi connectivity index (χ0v) is 12.4. The molecule has 6 nitrogen and oxygen atoms in total. The van der Waals surface area contributed by atoms with Crippen molar-refractivity contribution < 1.29 is 4.52 Å². The molecule has 0 spiro atoms. The molecule has 0 amide bonds. The molecule has 2 aromatic heterocycles. The molecule has 1 aromatic carbocycles. The first kappa shape index (κ1) is 13.8. The number of nitrogen functional groups attached to an aromatic ring is 1. The van der Waals surface area contributed by atoms with Crippen molar-refractivity contribution in [3.05, 3.63) is 40.3 Å². The molecule has 0 aliphatic heterocycles. The Morgan fingerprint density at radius 2 is 1.86 bits per heavy atom. The highest BCUT2D eigenvalue weighted by atomic mass is 35.5. The van der Waals surface area contributed by atoms with Gasteiger partial charge < -0.3 is 10.3 Å². The second kappa shape index (κ2) is 5.31. The van der Waals surface area contributed by atoms with Gasteiger partial charge in [-0.05, 0) is 25.1 Å². The summed E-state index contributed by atoms with van der Waals surface area (Å²) in [5.41, 5.74) is 7.17. The number of aryl methyl sites for hydroxylation is 1. The zero-order chi connectivity index (χ0) is 15.0. The lowest BCUT2D eigenvalue weighted by Gasteiger charge is -2.02. The van der Waals surface area contributed by atoms with E-state index in [9.17, 15) is 0 Å². The van der Waals surface area contributed by atoms with Crippen LogP contribution >= 0.6 is 23.2 Å². The maximum Gasteiger partial charge on any atom is 0.258 e. The number of nitrogens with two attached hydrogens (primary N) is 1. The van der Waals surface area contributed by atoms with Crippen molar-refractivity contribution in [2.75, 3.05) is 5.73 Å². The Morgan fingerprint density at radius 3 is 2.52 bits per heavy atom. The fraction of sp³-hybridized carbons (Fsp3) is 0.0769. The average molecular weight is 322 g/mol. The van der Waals surface area contributed by atoms with Crippen LogP contribution in [-0.4, -0.2) is 20.1 Å². The summed E-state index contributed by atoms with van der Waals surface area (Å²) in [6, 6.07) is 4.93. The Kier molecular flexibility index (Phi) is 3.48. The molecule has 21 heavy (non-hydrogen) atoms. The maximum absolute atomic E-state index is 5.99. The minimum atomic E-state index is 0.282. The largest absolute Gasteiger partial charge is 0.396 e. The van der Waals surface area contributed by atoms with E-state index in [4.69, 9.17) is 33.5 Å². The summed E-state index contributed by atoms with van der Waals surface area (Å²) >= 11 is 12.0. The second-order valence-corrected chi connectivity index (χ2v) is 5.08. The van der Waals surface area contributed by atoms with E-state index in [1.54, 1.807) is 31.3 Å². The number of benzene rings is 1. The molecule has 0 atom stereocenters. The summed E-state index contributed by atoms with van der Waals surface area (Å²) in [5, 5.41) is 4.55. The van der Waals surface area contributed by atoms with Crippen molar-refractivity contribution in [3.8, 4) is 23.0 Å². The van der Waals surface area contributed by atoms with Crippen LogP contribution in [0.3, 0.4) is 0 Å². The summed E-state index contributed by atoms with van der Waals surface area (Å²) in [5.74, 6) is 1.27. The van der Waals surface area contributed by atoms with Crippen LogP contribution in [0.15, 0.2) is 28.9 Å². The fourth-order valence-electron chi connectivity index (χ4n) is 1.73. The van der Waals surface area contributed by atoms with Gasteiger partial charge in [0.15, 0.2) is 0 Å². The molecule has 0 aliphatic carbocycles. The number of halogens is 2. The van der Waals surface area contributed by atoms with Crippen LogP contribution in [0, 0.1) is 6.92 Å². The molecule has 2 heterocycles. The third-order valence-electron chi connectivity index (χ3n) is 2.76. The van der Waals surface area contributed by atoms with Crippen molar-refractivity contribution in [3.63, 3.8) is 0 Å². The topological polar surface area (TPSA) is 90.7 Å². The van der Waals surface area contributed by atoms with Crippen LogP contribution in [0.5, 0.6) is 0 Å². The summed E-state index contributed by atoms with van der Waals surface area (Å²) in [6.45, 7) is 1.78. The monoisotopic (exact) mass is 321 g/mol. The van der Waals surface area contributed by atoms with Crippen LogP contribution in [0.4, 0.5) is 5.69 Å². The van der Waals surface area contributed by atoms with Gasteiger partial charge in [0.2, 0.25) is 5.82 Å². The van der Waals surface area contributed by atoms with Gasteiger partial charge in [-0.2, -0.15) is 4.98 Å². The number of anilines is 1. The van der Waals surface area contributed by atoms with Gasteiger partial charge in [-0.3, -0.25) is 0 Å². The molecule has 106 valence electrons. The summed E-state index contributed by atoms with van der Waals surface area (Å²) < 4.78 is 5.22. The van der Waals surface area contributed by atoms with Gasteiger partial charge in [0.05, 0.1) is 15.7 Å². The lowest BCUT2D eigenvalue weighted by atomic mass is 10.2. The average Bonchev–Trinajstić information content (AvgIpc) is 2.94. The second-order valence-electron chi connectivity index (χ2n) is 4.27. The number of rotatable bonds is 2. The van der Waals surface area contributed by atoms with Gasteiger partial charge in [-0.15, -0.1) is 0 Å². The Balaban J connectivity index is 2.02. The van der Waals surface area contributed by atoms with Gasteiger partial charge in [0, 0.05) is 11.8 Å². The molecule has 0 saturated carbocycles. The number of hydrogen-bond acceptors (Lipinski definition) is 6. The third kappa shape index (κ3) is 2.68. The highest BCUT2D eigenvalue weighted by Crippen LogP contribution is 2.33. The molecule has 3 aromatic rings. The van der Waals surface area contributed by atoms with Crippen molar-refractivity contribution in [1.82, 2.24) is 20.1 Å². The SMILES string of the molecule is Cc1nccc(-c2noc(-c3cc(Cl)c(N)c(Cl)c3)n2)n1. The van der Waals surface area contributed by atoms with Crippen LogP contribution < -0.4 is 5.73 Å². The van der Waals surface area contributed by atoms with Crippen LogP contribution in [0.2, 0.25) is 10.0 Å². The number of nitrogens with zero attached hydrogens (tertiary/aromatic N) is 4. The molecule has 0 fully saturated rings.